The van der Waals surface area contributed by atoms with Crippen molar-refractivity contribution < 1.29 is 9.53 Å². The molecule has 1 fully saturated rings. The summed E-state index contributed by atoms with van der Waals surface area (Å²) in [5.41, 5.74) is 3.61. The third-order valence-corrected chi connectivity index (χ3v) is 6.79. The lowest BCUT2D eigenvalue weighted by Crippen LogP contribution is -2.35. The Bertz CT molecular complexity index is 966. The first kappa shape index (κ1) is 23.3. The second kappa shape index (κ2) is 11.8. The van der Waals surface area contributed by atoms with E-state index in [9.17, 15) is 4.79 Å². The highest BCUT2D eigenvalue weighted by Gasteiger charge is 2.27. The van der Waals surface area contributed by atoms with Gasteiger partial charge in [-0.2, -0.15) is 0 Å². The van der Waals surface area contributed by atoms with E-state index in [0.717, 1.165) is 50.9 Å². The summed E-state index contributed by atoms with van der Waals surface area (Å²) >= 11 is 0. The molecule has 0 aromatic heterocycles. The zero-order valence-electron chi connectivity index (χ0n) is 19.6. The lowest BCUT2D eigenvalue weighted by atomic mass is 9.89. The molecule has 3 aromatic carbocycles. The van der Waals surface area contributed by atoms with Gasteiger partial charge in [0.25, 0.3) is 0 Å². The van der Waals surface area contributed by atoms with E-state index in [1.807, 2.05) is 43.3 Å². The molecule has 33 heavy (non-hydrogen) atoms. The first-order valence-electron chi connectivity index (χ1n) is 12.2. The molecule has 0 saturated carbocycles. The van der Waals surface area contributed by atoms with E-state index < -0.39 is 0 Å². The van der Waals surface area contributed by atoms with E-state index in [-0.39, 0.29) is 18.0 Å². The number of esters is 1. The van der Waals surface area contributed by atoms with Crippen LogP contribution in [0.3, 0.4) is 0 Å². The fourth-order valence-corrected chi connectivity index (χ4v) is 4.79. The van der Waals surface area contributed by atoms with Crippen molar-refractivity contribution in [3.63, 3.8) is 0 Å². The molecule has 2 atom stereocenters. The highest BCUT2D eigenvalue weighted by Crippen LogP contribution is 2.27. The van der Waals surface area contributed by atoms with Crippen LogP contribution < -0.4 is 0 Å². The van der Waals surface area contributed by atoms with Gasteiger partial charge < -0.3 is 4.74 Å². The number of hydrogen-bond donors (Lipinski definition) is 0. The molecule has 172 valence electrons. The Morgan fingerprint density at radius 3 is 2.00 bits per heavy atom. The molecule has 4 rings (SSSR count). The van der Waals surface area contributed by atoms with Gasteiger partial charge >= 0.3 is 5.97 Å². The number of likely N-dealkylation sites (tertiary alicyclic amines) is 1. The molecular formula is C30H35NO2. The number of carbonyl (C=O) groups is 1. The van der Waals surface area contributed by atoms with E-state index in [1.54, 1.807) is 0 Å². The summed E-state index contributed by atoms with van der Waals surface area (Å²) in [6.45, 7) is 5.17. The van der Waals surface area contributed by atoms with Crippen LogP contribution in [-0.2, 0) is 22.5 Å². The molecule has 1 aliphatic heterocycles. The minimum atomic E-state index is -0.253. The highest BCUT2D eigenvalue weighted by molar-refractivity contribution is 5.77. The Morgan fingerprint density at radius 1 is 0.848 bits per heavy atom. The maximum absolute atomic E-state index is 13.0. The fraction of sp³-hybridized carbons (Fsp3) is 0.367. The predicted molar refractivity (Wildman–Crippen MR) is 134 cm³/mol. The maximum Gasteiger partial charge on any atom is 0.313 e. The number of hydrogen-bond acceptors (Lipinski definition) is 3. The molecule has 0 bridgehead atoms. The van der Waals surface area contributed by atoms with Crippen molar-refractivity contribution in [3.8, 4) is 0 Å². The number of rotatable bonds is 9. The van der Waals surface area contributed by atoms with E-state index >= 15 is 0 Å². The first-order chi connectivity index (χ1) is 16.2. The normalized spacial score (nSPS) is 16.8. The SMILES string of the molecule is C[C@H](C(=O)OC(Cc1ccccc1)CC1CCN(Cc2ccccc2)CC1)c1ccccc1. The number of piperidine rings is 1. The zero-order valence-corrected chi connectivity index (χ0v) is 19.6. The van der Waals surface area contributed by atoms with Gasteiger partial charge in [-0.05, 0) is 61.9 Å². The lowest BCUT2D eigenvalue weighted by Gasteiger charge is -2.34. The van der Waals surface area contributed by atoms with Crippen LogP contribution in [0.25, 0.3) is 0 Å². The smallest absolute Gasteiger partial charge is 0.313 e. The molecule has 0 aliphatic carbocycles. The average molecular weight is 442 g/mol. The van der Waals surface area contributed by atoms with Crippen LogP contribution in [0, 0.1) is 5.92 Å². The summed E-state index contributed by atoms with van der Waals surface area (Å²) in [6.07, 6.45) is 3.93. The van der Waals surface area contributed by atoms with Crippen molar-refractivity contribution in [2.45, 2.75) is 51.2 Å². The zero-order chi connectivity index (χ0) is 22.9. The monoisotopic (exact) mass is 441 g/mol. The molecule has 1 aliphatic rings. The summed E-state index contributed by atoms with van der Waals surface area (Å²) < 4.78 is 6.14. The molecule has 3 nitrogen and oxygen atoms in total. The summed E-state index contributed by atoms with van der Waals surface area (Å²) in [6, 6.07) is 31.0. The molecule has 0 radical (unpaired) electrons. The van der Waals surface area contributed by atoms with Gasteiger partial charge in [-0.3, -0.25) is 9.69 Å². The number of carbonyl (C=O) groups excluding carboxylic acids is 1. The molecule has 3 heteroatoms. The van der Waals surface area contributed by atoms with Crippen LogP contribution in [0.4, 0.5) is 0 Å². The summed E-state index contributed by atoms with van der Waals surface area (Å²) in [4.78, 5) is 15.6. The van der Waals surface area contributed by atoms with Gasteiger partial charge in [-0.15, -0.1) is 0 Å². The van der Waals surface area contributed by atoms with Gasteiger partial charge in [-0.1, -0.05) is 91.0 Å². The van der Waals surface area contributed by atoms with Crippen molar-refractivity contribution in [1.82, 2.24) is 4.90 Å². The van der Waals surface area contributed by atoms with Gasteiger partial charge in [0.05, 0.1) is 5.92 Å². The number of nitrogens with zero attached hydrogens (tertiary/aromatic N) is 1. The summed E-state index contributed by atoms with van der Waals surface area (Å²) in [5.74, 6) is 0.214. The number of benzene rings is 3. The molecule has 1 heterocycles. The second-order valence-corrected chi connectivity index (χ2v) is 9.32. The average Bonchev–Trinajstić information content (AvgIpc) is 2.86. The van der Waals surface area contributed by atoms with Gasteiger partial charge in [-0.25, -0.2) is 0 Å². The Labute approximate surface area is 198 Å². The minimum absolute atomic E-state index is 0.0864. The third kappa shape index (κ3) is 7.03. The molecule has 1 saturated heterocycles. The van der Waals surface area contributed by atoms with Gasteiger partial charge in [0.15, 0.2) is 0 Å². The molecule has 3 aromatic rings. The first-order valence-corrected chi connectivity index (χ1v) is 12.2. The van der Waals surface area contributed by atoms with Gasteiger partial charge in [0.2, 0.25) is 0 Å². The minimum Gasteiger partial charge on any atom is -0.462 e. The van der Waals surface area contributed by atoms with Crippen molar-refractivity contribution in [1.29, 1.82) is 0 Å². The van der Waals surface area contributed by atoms with E-state index in [1.165, 1.54) is 11.1 Å². The summed E-state index contributed by atoms with van der Waals surface area (Å²) in [5, 5.41) is 0. The van der Waals surface area contributed by atoms with Crippen molar-refractivity contribution in [3.05, 3.63) is 108 Å². The molecule has 0 N–H and O–H groups in total. The fourth-order valence-electron chi connectivity index (χ4n) is 4.79. The maximum atomic E-state index is 13.0. The Hall–Kier alpha value is -2.91. The number of ether oxygens (including phenoxy) is 1. The van der Waals surface area contributed by atoms with Crippen LogP contribution in [-0.4, -0.2) is 30.1 Å². The Morgan fingerprint density at radius 2 is 1.39 bits per heavy atom. The summed E-state index contributed by atoms with van der Waals surface area (Å²) in [7, 11) is 0. The molecule has 0 amide bonds. The van der Waals surface area contributed by atoms with Crippen LogP contribution in [0.2, 0.25) is 0 Å². The lowest BCUT2D eigenvalue weighted by molar-refractivity contribution is -0.151. The van der Waals surface area contributed by atoms with Crippen LogP contribution in [0.1, 0.15) is 48.8 Å². The topological polar surface area (TPSA) is 29.5 Å². The van der Waals surface area contributed by atoms with Crippen LogP contribution >= 0.6 is 0 Å². The van der Waals surface area contributed by atoms with Crippen molar-refractivity contribution >= 4 is 5.97 Å². The van der Waals surface area contributed by atoms with E-state index in [0.29, 0.717) is 5.92 Å². The molecular weight excluding hydrogens is 406 g/mol. The van der Waals surface area contributed by atoms with Crippen LogP contribution in [0.15, 0.2) is 91.0 Å². The van der Waals surface area contributed by atoms with Crippen molar-refractivity contribution in [2.75, 3.05) is 13.1 Å². The predicted octanol–water partition coefficient (Wildman–Crippen LogP) is 6.25. The van der Waals surface area contributed by atoms with E-state index in [2.05, 4.69) is 59.5 Å². The standard InChI is InChI=1S/C30H35NO2/c1-24(28-15-9-4-10-16-28)30(32)33-29(21-25-11-5-2-6-12-25)22-26-17-19-31(20-18-26)23-27-13-7-3-8-14-27/h2-16,24,26,29H,17-23H2,1H3/t24-,29?/m0/s1. The third-order valence-electron chi connectivity index (χ3n) is 6.79. The highest BCUT2D eigenvalue weighted by atomic mass is 16.5. The molecule has 0 spiro atoms. The quantitative estimate of drug-likeness (QED) is 0.368. The Kier molecular flexibility index (Phi) is 8.32. The Balaban J connectivity index is 1.35. The van der Waals surface area contributed by atoms with Gasteiger partial charge in [0.1, 0.15) is 6.10 Å². The van der Waals surface area contributed by atoms with Crippen molar-refractivity contribution in [2.24, 2.45) is 5.92 Å². The van der Waals surface area contributed by atoms with E-state index in [4.69, 9.17) is 4.74 Å². The largest absolute Gasteiger partial charge is 0.462 e. The molecule has 1 unspecified atom stereocenters. The second-order valence-electron chi connectivity index (χ2n) is 9.32. The van der Waals surface area contributed by atoms with Crippen LogP contribution in [0.5, 0.6) is 0 Å². The van der Waals surface area contributed by atoms with Gasteiger partial charge in [0, 0.05) is 13.0 Å².